The van der Waals surface area contributed by atoms with Crippen molar-refractivity contribution in [2.45, 2.75) is 18.3 Å². The van der Waals surface area contributed by atoms with Crippen LogP contribution in [0.2, 0.25) is 0 Å². The number of benzene rings is 2. The number of nitrogens with one attached hydrogen (secondary N) is 2. The molecule has 29 heavy (non-hydrogen) atoms. The first-order valence-electron chi connectivity index (χ1n) is 10.1. The third kappa shape index (κ3) is 2.85. The predicted octanol–water partition coefficient (Wildman–Crippen LogP) is 4.20. The van der Waals surface area contributed by atoms with Gasteiger partial charge in [0.2, 0.25) is 5.91 Å². The summed E-state index contributed by atoms with van der Waals surface area (Å²) in [7, 11) is 1.57. The lowest BCUT2D eigenvalue weighted by molar-refractivity contribution is -0.136. The summed E-state index contributed by atoms with van der Waals surface area (Å²) >= 11 is 0. The summed E-state index contributed by atoms with van der Waals surface area (Å²) in [6, 6.07) is 17.0. The Hall–Kier alpha value is -3.05. The largest absolute Gasteiger partial charge is 0.375 e. The van der Waals surface area contributed by atoms with Gasteiger partial charge < -0.3 is 19.6 Å². The molecule has 1 fully saturated rings. The van der Waals surface area contributed by atoms with Crippen LogP contribution in [0.5, 0.6) is 0 Å². The fourth-order valence-electron chi connectivity index (χ4n) is 4.97. The van der Waals surface area contributed by atoms with E-state index in [4.69, 9.17) is 4.74 Å². The highest BCUT2D eigenvalue weighted by molar-refractivity contribution is 5.89. The Morgan fingerprint density at radius 1 is 0.931 bits per heavy atom. The van der Waals surface area contributed by atoms with Crippen molar-refractivity contribution in [2.24, 2.45) is 0 Å². The van der Waals surface area contributed by atoms with Crippen LogP contribution < -0.4 is 0 Å². The van der Waals surface area contributed by atoms with Crippen molar-refractivity contribution >= 4 is 27.7 Å². The van der Waals surface area contributed by atoms with Crippen molar-refractivity contribution in [2.75, 3.05) is 26.8 Å². The maximum absolute atomic E-state index is 12.4. The van der Waals surface area contributed by atoms with Gasteiger partial charge in [0.05, 0.1) is 0 Å². The number of fused-ring (bicyclic) bond motifs is 2. The smallest absolute Gasteiger partial charge is 0.248 e. The third-order valence-corrected chi connectivity index (χ3v) is 6.45. The standard InChI is InChI=1S/C24H25N3O2/c1-29-16-23(28)27-12-10-24(11-13-27,19-14-25-21-8-4-2-6-17(19)21)20-15-26-22-9-5-3-7-18(20)22/h2-9,14-15,25-26H,10-13,16H2,1H3. The third-order valence-electron chi connectivity index (χ3n) is 6.45. The Morgan fingerprint density at radius 2 is 1.45 bits per heavy atom. The van der Waals surface area contributed by atoms with Crippen LogP contribution >= 0.6 is 0 Å². The van der Waals surface area contributed by atoms with Gasteiger partial charge in [0.15, 0.2) is 0 Å². The van der Waals surface area contributed by atoms with E-state index in [1.807, 2.05) is 4.90 Å². The minimum atomic E-state index is -0.150. The summed E-state index contributed by atoms with van der Waals surface area (Å²) in [5, 5.41) is 2.52. The molecular weight excluding hydrogens is 362 g/mol. The van der Waals surface area contributed by atoms with E-state index in [0.717, 1.165) is 37.0 Å². The molecule has 148 valence electrons. The van der Waals surface area contributed by atoms with Crippen molar-refractivity contribution in [3.8, 4) is 0 Å². The minimum Gasteiger partial charge on any atom is -0.375 e. The molecule has 1 aliphatic heterocycles. The zero-order chi connectivity index (χ0) is 19.8. The molecule has 2 aromatic carbocycles. The fourth-order valence-corrected chi connectivity index (χ4v) is 4.97. The number of aromatic amines is 2. The molecule has 1 saturated heterocycles. The average Bonchev–Trinajstić information content (AvgIpc) is 3.39. The van der Waals surface area contributed by atoms with Gasteiger partial charge in [0.25, 0.3) is 0 Å². The number of likely N-dealkylation sites (tertiary alicyclic amines) is 1. The number of carbonyl (C=O) groups is 1. The molecule has 3 heterocycles. The summed E-state index contributed by atoms with van der Waals surface area (Å²) in [6.45, 7) is 1.59. The fraction of sp³-hybridized carbons (Fsp3) is 0.292. The molecule has 0 spiro atoms. The van der Waals surface area contributed by atoms with Gasteiger partial charge in [-0.2, -0.15) is 0 Å². The monoisotopic (exact) mass is 387 g/mol. The van der Waals surface area contributed by atoms with E-state index >= 15 is 0 Å². The molecule has 0 aliphatic carbocycles. The summed E-state index contributed by atoms with van der Waals surface area (Å²) < 4.78 is 5.07. The summed E-state index contributed by atoms with van der Waals surface area (Å²) in [5.41, 5.74) is 4.79. The molecule has 5 rings (SSSR count). The molecule has 0 radical (unpaired) electrons. The van der Waals surface area contributed by atoms with Crippen LogP contribution in [-0.2, 0) is 14.9 Å². The molecule has 2 aromatic heterocycles. The van der Waals surface area contributed by atoms with Gasteiger partial charge in [0.1, 0.15) is 6.61 Å². The maximum atomic E-state index is 12.4. The highest BCUT2D eigenvalue weighted by atomic mass is 16.5. The molecule has 0 saturated carbocycles. The molecule has 2 N–H and O–H groups in total. The van der Waals surface area contributed by atoms with Crippen LogP contribution in [0.4, 0.5) is 0 Å². The van der Waals surface area contributed by atoms with Gasteiger partial charge in [-0.25, -0.2) is 0 Å². The first-order chi connectivity index (χ1) is 14.2. The van der Waals surface area contributed by atoms with Crippen LogP contribution in [0.15, 0.2) is 60.9 Å². The summed E-state index contributed by atoms with van der Waals surface area (Å²) in [6.07, 6.45) is 6.09. The Bertz CT molecular complexity index is 1090. The number of nitrogens with zero attached hydrogens (tertiary/aromatic N) is 1. The van der Waals surface area contributed by atoms with Crippen LogP contribution in [-0.4, -0.2) is 47.6 Å². The maximum Gasteiger partial charge on any atom is 0.248 e. The number of H-pyrrole nitrogens is 2. The lowest BCUT2D eigenvalue weighted by Gasteiger charge is -2.42. The van der Waals surface area contributed by atoms with Crippen molar-refractivity contribution in [3.05, 3.63) is 72.1 Å². The second-order valence-corrected chi connectivity index (χ2v) is 7.89. The van der Waals surface area contributed by atoms with Crippen LogP contribution in [0, 0.1) is 0 Å². The van der Waals surface area contributed by atoms with Gasteiger partial charge in [-0.1, -0.05) is 36.4 Å². The second kappa shape index (κ2) is 7.08. The Labute approximate surface area is 169 Å². The Morgan fingerprint density at radius 3 is 1.97 bits per heavy atom. The number of ether oxygens (including phenoxy) is 1. The quantitative estimate of drug-likeness (QED) is 0.551. The molecule has 5 heteroatoms. The normalized spacial score (nSPS) is 16.5. The molecule has 5 nitrogen and oxygen atoms in total. The summed E-state index contributed by atoms with van der Waals surface area (Å²) in [4.78, 5) is 21.3. The SMILES string of the molecule is COCC(=O)N1CCC(c2c[nH]c3ccccc23)(c2c[nH]c3ccccc23)CC1. The average molecular weight is 387 g/mol. The van der Waals surface area contributed by atoms with E-state index in [1.54, 1.807) is 7.11 Å². The van der Waals surface area contributed by atoms with Gasteiger partial charge in [0, 0.05) is 59.8 Å². The zero-order valence-corrected chi connectivity index (χ0v) is 16.6. The minimum absolute atomic E-state index is 0.0685. The lowest BCUT2D eigenvalue weighted by Crippen LogP contribution is -2.46. The predicted molar refractivity (Wildman–Crippen MR) is 115 cm³/mol. The van der Waals surface area contributed by atoms with E-state index in [2.05, 4.69) is 70.9 Å². The number of hydrogen-bond donors (Lipinski definition) is 2. The van der Waals surface area contributed by atoms with Crippen molar-refractivity contribution < 1.29 is 9.53 Å². The number of piperidine rings is 1. The highest BCUT2D eigenvalue weighted by Crippen LogP contribution is 2.46. The first kappa shape index (κ1) is 18.0. The van der Waals surface area contributed by atoms with E-state index in [-0.39, 0.29) is 17.9 Å². The number of rotatable bonds is 4. The van der Waals surface area contributed by atoms with Gasteiger partial charge in [-0.15, -0.1) is 0 Å². The number of para-hydroxylation sites is 2. The van der Waals surface area contributed by atoms with Crippen LogP contribution in [0.25, 0.3) is 21.8 Å². The Kier molecular flexibility index (Phi) is 4.40. The number of methoxy groups -OCH3 is 1. The number of carbonyl (C=O) groups excluding carboxylic acids is 1. The van der Waals surface area contributed by atoms with E-state index < -0.39 is 0 Å². The molecule has 1 aliphatic rings. The molecule has 0 bridgehead atoms. The molecule has 0 unspecified atom stereocenters. The second-order valence-electron chi connectivity index (χ2n) is 7.89. The molecule has 1 amide bonds. The van der Waals surface area contributed by atoms with Crippen LogP contribution in [0.1, 0.15) is 24.0 Å². The Balaban J connectivity index is 1.64. The van der Waals surface area contributed by atoms with Gasteiger partial charge >= 0.3 is 0 Å². The first-order valence-corrected chi connectivity index (χ1v) is 10.1. The molecule has 4 aromatic rings. The molecular formula is C24H25N3O2. The highest BCUT2D eigenvalue weighted by Gasteiger charge is 2.41. The van der Waals surface area contributed by atoms with Crippen LogP contribution in [0.3, 0.4) is 0 Å². The lowest BCUT2D eigenvalue weighted by atomic mass is 9.68. The zero-order valence-electron chi connectivity index (χ0n) is 16.6. The van der Waals surface area contributed by atoms with E-state index in [0.29, 0.717) is 0 Å². The van der Waals surface area contributed by atoms with E-state index in [1.165, 1.54) is 21.9 Å². The van der Waals surface area contributed by atoms with Crippen molar-refractivity contribution in [1.29, 1.82) is 0 Å². The van der Waals surface area contributed by atoms with Crippen molar-refractivity contribution in [3.63, 3.8) is 0 Å². The van der Waals surface area contributed by atoms with E-state index in [9.17, 15) is 4.79 Å². The van der Waals surface area contributed by atoms with Crippen molar-refractivity contribution in [1.82, 2.24) is 14.9 Å². The molecule has 0 atom stereocenters. The van der Waals surface area contributed by atoms with Gasteiger partial charge in [-0.3, -0.25) is 4.79 Å². The number of aromatic nitrogens is 2. The number of hydrogen-bond acceptors (Lipinski definition) is 2. The topological polar surface area (TPSA) is 61.1 Å². The number of amides is 1. The van der Waals surface area contributed by atoms with Gasteiger partial charge in [-0.05, 0) is 36.1 Å². The summed E-state index contributed by atoms with van der Waals surface area (Å²) in [5.74, 6) is 0.0685.